The van der Waals surface area contributed by atoms with Crippen LogP contribution >= 0.6 is 23.2 Å². The van der Waals surface area contributed by atoms with Crippen molar-refractivity contribution in [3.05, 3.63) is 22.4 Å². The van der Waals surface area contributed by atoms with Crippen molar-refractivity contribution in [2.24, 2.45) is 0 Å². The van der Waals surface area contributed by atoms with Crippen LogP contribution in [-0.2, 0) is 10.0 Å². The number of pyridine rings is 1. The summed E-state index contributed by atoms with van der Waals surface area (Å²) >= 11 is 11.2. The molecule has 1 rings (SSSR count). The molecule has 0 fully saturated rings. The van der Waals surface area contributed by atoms with Gasteiger partial charge in [-0.05, 0) is 19.9 Å². The fraction of sp³-hybridized carbons (Fsp3) is 0.375. The van der Waals surface area contributed by atoms with Crippen molar-refractivity contribution >= 4 is 33.2 Å². The molecule has 0 saturated carbocycles. The van der Waals surface area contributed by atoms with Crippen LogP contribution in [0.15, 0.2) is 17.2 Å². The second-order valence-electron chi connectivity index (χ2n) is 3.22. The van der Waals surface area contributed by atoms with Crippen LogP contribution in [0, 0.1) is 0 Å². The Balaban J connectivity index is 3.11. The zero-order chi connectivity index (χ0) is 11.6. The lowest BCUT2D eigenvalue weighted by Crippen LogP contribution is -2.30. The number of rotatable bonds is 3. The average Bonchev–Trinajstić information content (AvgIpc) is 2.07. The van der Waals surface area contributed by atoms with E-state index in [0.29, 0.717) is 0 Å². The minimum atomic E-state index is -3.55. The van der Waals surface area contributed by atoms with E-state index in [-0.39, 0.29) is 21.1 Å². The second kappa shape index (κ2) is 4.65. The lowest BCUT2D eigenvalue weighted by molar-refractivity contribution is 0.569. The Kier molecular flexibility index (Phi) is 3.94. The molecule has 4 nitrogen and oxygen atoms in total. The first-order chi connectivity index (χ1) is 6.83. The van der Waals surface area contributed by atoms with Crippen LogP contribution in [0.2, 0.25) is 10.2 Å². The summed E-state index contributed by atoms with van der Waals surface area (Å²) in [7, 11) is -3.55. The molecule has 0 saturated heterocycles. The minimum absolute atomic E-state index is 0.00519. The molecule has 1 N–H and O–H groups in total. The molecule has 7 heteroatoms. The van der Waals surface area contributed by atoms with Crippen molar-refractivity contribution in [1.82, 2.24) is 9.71 Å². The Hall–Kier alpha value is -0.360. The monoisotopic (exact) mass is 268 g/mol. The third-order valence-corrected chi connectivity index (χ3v) is 3.78. The molecule has 0 aliphatic carbocycles. The summed E-state index contributed by atoms with van der Waals surface area (Å²) in [6.07, 6.45) is 1.17. The minimum Gasteiger partial charge on any atom is -0.242 e. The lowest BCUT2D eigenvalue weighted by atomic mass is 10.4. The highest BCUT2D eigenvalue weighted by molar-refractivity contribution is 7.89. The van der Waals surface area contributed by atoms with E-state index in [0.717, 1.165) is 0 Å². The average molecular weight is 269 g/mol. The molecule has 0 unspecified atom stereocenters. The lowest BCUT2D eigenvalue weighted by Gasteiger charge is -2.09. The predicted molar refractivity (Wildman–Crippen MR) is 59.7 cm³/mol. The van der Waals surface area contributed by atoms with Crippen molar-refractivity contribution in [2.75, 3.05) is 0 Å². The summed E-state index contributed by atoms with van der Waals surface area (Å²) in [6, 6.07) is 1.08. The molecule has 0 aromatic carbocycles. The highest BCUT2D eigenvalue weighted by Gasteiger charge is 2.16. The van der Waals surface area contributed by atoms with Crippen LogP contribution in [-0.4, -0.2) is 19.4 Å². The molecule has 0 spiro atoms. The molecular weight excluding hydrogens is 259 g/mol. The van der Waals surface area contributed by atoms with Crippen LogP contribution in [0.1, 0.15) is 13.8 Å². The maximum absolute atomic E-state index is 11.7. The maximum Gasteiger partial charge on any atom is 0.242 e. The number of nitrogens with one attached hydrogen (secondary N) is 1. The van der Waals surface area contributed by atoms with Crippen LogP contribution in [0.25, 0.3) is 0 Å². The highest BCUT2D eigenvalue weighted by Crippen LogP contribution is 2.21. The highest BCUT2D eigenvalue weighted by atomic mass is 35.5. The zero-order valence-corrected chi connectivity index (χ0v) is 10.5. The number of nitrogens with zero attached hydrogens (tertiary/aromatic N) is 1. The SMILES string of the molecule is CC(C)NS(=O)(=O)c1cnc(Cl)c(Cl)c1. The topological polar surface area (TPSA) is 59.1 Å². The molecule has 0 radical (unpaired) electrons. The second-order valence-corrected chi connectivity index (χ2v) is 5.70. The number of sulfonamides is 1. The molecule has 15 heavy (non-hydrogen) atoms. The molecule has 0 aliphatic heterocycles. The predicted octanol–water partition coefficient (Wildman–Crippen LogP) is 2.08. The van der Waals surface area contributed by atoms with Gasteiger partial charge in [0.05, 0.1) is 5.02 Å². The summed E-state index contributed by atoms with van der Waals surface area (Å²) in [5.41, 5.74) is 0. The Morgan fingerprint density at radius 3 is 2.47 bits per heavy atom. The molecule has 0 atom stereocenters. The first-order valence-corrected chi connectivity index (χ1v) is 6.40. The van der Waals surface area contributed by atoms with Gasteiger partial charge in [-0.15, -0.1) is 0 Å². The van der Waals surface area contributed by atoms with Gasteiger partial charge in [-0.3, -0.25) is 0 Å². The van der Waals surface area contributed by atoms with Crippen LogP contribution < -0.4 is 4.72 Å². The van der Waals surface area contributed by atoms with Gasteiger partial charge in [0, 0.05) is 12.2 Å². The summed E-state index contributed by atoms with van der Waals surface area (Å²) in [4.78, 5) is 3.67. The Morgan fingerprint density at radius 1 is 1.40 bits per heavy atom. The standard InChI is InChI=1S/C8H10Cl2N2O2S/c1-5(2)12-15(13,14)6-3-7(9)8(10)11-4-6/h3-5,12H,1-2H3. The smallest absolute Gasteiger partial charge is 0.242 e. The summed E-state index contributed by atoms with van der Waals surface area (Å²) in [6.45, 7) is 3.45. The number of hydrogen-bond acceptors (Lipinski definition) is 3. The van der Waals surface area contributed by atoms with Crippen molar-refractivity contribution in [3.8, 4) is 0 Å². The third-order valence-electron chi connectivity index (χ3n) is 1.47. The van der Waals surface area contributed by atoms with Gasteiger partial charge >= 0.3 is 0 Å². The van der Waals surface area contributed by atoms with E-state index in [1.807, 2.05) is 0 Å². The normalized spacial score (nSPS) is 12.1. The van der Waals surface area contributed by atoms with E-state index in [9.17, 15) is 8.42 Å². The van der Waals surface area contributed by atoms with Crippen molar-refractivity contribution < 1.29 is 8.42 Å². The van der Waals surface area contributed by atoms with Gasteiger partial charge in [0.2, 0.25) is 10.0 Å². The number of halogens is 2. The fourth-order valence-electron chi connectivity index (χ4n) is 0.929. The van der Waals surface area contributed by atoms with Crippen molar-refractivity contribution in [2.45, 2.75) is 24.8 Å². The Bertz CT molecular complexity index is 460. The largest absolute Gasteiger partial charge is 0.242 e. The molecule has 1 heterocycles. The third kappa shape index (κ3) is 3.31. The maximum atomic E-state index is 11.7. The molecule has 1 aromatic rings. The molecule has 0 bridgehead atoms. The molecule has 84 valence electrons. The van der Waals surface area contributed by atoms with Crippen molar-refractivity contribution in [1.29, 1.82) is 0 Å². The zero-order valence-electron chi connectivity index (χ0n) is 8.16. The molecular formula is C8H10Cl2N2O2S. The van der Waals surface area contributed by atoms with Gasteiger partial charge in [-0.2, -0.15) is 0 Å². The van der Waals surface area contributed by atoms with E-state index >= 15 is 0 Å². The van der Waals surface area contributed by atoms with Crippen LogP contribution in [0.4, 0.5) is 0 Å². The number of hydrogen-bond donors (Lipinski definition) is 1. The van der Waals surface area contributed by atoms with E-state index in [1.54, 1.807) is 13.8 Å². The van der Waals surface area contributed by atoms with E-state index in [4.69, 9.17) is 23.2 Å². The van der Waals surface area contributed by atoms with Gasteiger partial charge in [-0.1, -0.05) is 23.2 Å². The Morgan fingerprint density at radius 2 is 2.00 bits per heavy atom. The first kappa shape index (κ1) is 12.7. The van der Waals surface area contributed by atoms with E-state index in [2.05, 4.69) is 9.71 Å². The Labute approximate surface area is 98.7 Å². The molecule has 1 aromatic heterocycles. The molecule has 0 amide bonds. The van der Waals surface area contributed by atoms with Gasteiger partial charge in [-0.25, -0.2) is 18.1 Å². The van der Waals surface area contributed by atoms with Gasteiger partial charge in [0.1, 0.15) is 10.0 Å². The van der Waals surface area contributed by atoms with Crippen molar-refractivity contribution in [3.63, 3.8) is 0 Å². The fourth-order valence-corrected chi connectivity index (χ4v) is 2.48. The van der Waals surface area contributed by atoms with Gasteiger partial charge < -0.3 is 0 Å². The summed E-state index contributed by atoms with van der Waals surface area (Å²) in [5.74, 6) is 0. The quantitative estimate of drug-likeness (QED) is 0.854. The number of aromatic nitrogens is 1. The van der Waals surface area contributed by atoms with E-state index < -0.39 is 10.0 Å². The summed E-state index contributed by atoms with van der Waals surface area (Å²) in [5, 5.41) is 0.198. The van der Waals surface area contributed by atoms with Gasteiger partial charge in [0.15, 0.2) is 0 Å². The first-order valence-electron chi connectivity index (χ1n) is 4.16. The summed E-state index contributed by atoms with van der Waals surface area (Å²) < 4.78 is 25.7. The van der Waals surface area contributed by atoms with Crippen LogP contribution in [0.5, 0.6) is 0 Å². The molecule has 0 aliphatic rings. The van der Waals surface area contributed by atoms with Crippen LogP contribution in [0.3, 0.4) is 0 Å². The van der Waals surface area contributed by atoms with Gasteiger partial charge in [0.25, 0.3) is 0 Å². The van der Waals surface area contributed by atoms with E-state index in [1.165, 1.54) is 12.3 Å².